The van der Waals surface area contributed by atoms with Gasteiger partial charge in [-0.15, -0.1) is 0 Å². The minimum Gasteiger partial charge on any atom is -0.443 e. The van der Waals surface area contributed by atoms with Crippen molar-refractivity contribution < 1.29 is 8.81 Å². The van der Waals surface area contributed by atoms with E-state index >= 15 is 0 Å². The molecule has 0 aliphatic rings. The van der Waals surface area contributed by atoms with Crippen LogP contribution in [0.3, 0.4) is 0 Å². The summed E-state index contributed by atoms with van der Waals surface area (Å²) in [5.74, 6) is -0.341. The van der Waals surface area contributed by atoms with E-state index in [1.54, 1.807) is 12.1 Å². The Morgan fingerprint density at radius 2 is 2.30 bits per heavy atom. The standard InChI is InChI=1S/C7H4FNO/c8-5-2-1-3-6-7(5)9-4-10-6/h1-4H. The van der Waals surface area contributed by atoms with Gasteiger partial charge in [0.05, 0.1) is 0 Å². The Balaban J connectivity index is 2.95. The maximum atomic E-state index is 12.7. The predicted octanol–water partition coefficient (Wildman–Crippen LogP) is 1.97. The minimum atomic E-state index is -0.341. The second kappa shape index (κ2) is 1.80. The number of para-hydroxylation sites is 1. The lowest BCUT2D eigenvalue weighted by atomic mass is 10.3. The lowest BCUT2D eigenvalue weighted by Crippen LogP contribution is -1.74. The van der Waals surface area contributed by atoms with Crippen LogP contribution in [0.4, 0.5) is 4.39 Å². The summed E-state index contributed by atoms with van der Waals surface area (Å²) in [5, 5.41) is 0. The fraction of sp³-hybridized carbons (Fsp3) is 0. The van der Waals surface area contributed by atoms with Gasteiger partial charge in [-0.05, 0) is 12.1 Å². The summed E-state index contributed by atoms with van der Waals surface area (Å²) in [6.07, 6.45) is 1.23. The van der Waals surface area contributed by atoms with Gasteiger partial charge in [-0.25, -0.2) is 9.37 Å². The van der Waals surface area contributed by atoms with E-state index in [2.05, 4.69) is 4.98 Å². The summed E-state index contributed by atoms with van der Waals surface area (Å²) in [6, 6.07) is 4.61. The van der Waals surface area contributed by atoms with Crippen molar-refractivity contribution in [2.75, 3.05) is 0 Å². The van der Waals surface area contributed by atoms with Crippen molar-refractivity contribution in [3.63, 3.8) is 0 Å². The highest BCUT2D eigenvalue weighted by molar-refractivity contribution is 5.72. The molecule has 0 saturated heterocycles. The molecule has 0 fully saturated rings. The van der Waals surface area contributed by atoms with Crippen LogP contribution in [-0.2, 0) is 0 Å². The van der Waals surface area contributed by atoms with Gasteiger partial charge in [0.1, 0.15) is 5.52 Å². The summed E-state index contributed by atoms with van der Waals surface area (Å²) in [5.41, 5.74) is 0.780. The average Bonchev–Trinajstić information content (AvgIpc) is 2.36. The topological polar surface area (TPSA) is 26.0 Å². The third-order valence-corrected chi connectivity index (χ3v) is 1.31. The quantitative estimate of drug-likeness (QED) is 0.554. The summed E-state index contributed by atoms with van der Waals surface area (Å²) >= 11 is 0. The SMILES string of the molecule is Fc1cccc2ocnc12. The largest absolute Gasteiger partial charge is 0.443 e. The molecule has 0 radical (unpaired) electrons. The molecule has 2 aromatic rings. The lowest BCUT2D eigenvalue weighted by Gasteiger charge is -1.85. The summed E-state index contributed by atoms with van der Waals surface area (Å²) < 4.78 is 17.5. The molecular formula is C7H4FNO. The summed E-state index contributed by atoms with van der Waals surface area (Å²) in [4.78, 5) is 3.68. The molecule has 1 aromatic carbocycles. The summed E-state index contributed by atoms with van der Waals surface area (Å²) in [7, 11) is 0. The number of nitrogens with zero attached hydrogens (tertiary/aromatic N) is 1. The molecule has 10 heavy (non-hydrogen) atoms. The highest BCUT2D eigenvalue weighted by Gasteiger charge is 2.01. The van der Waals surface area contributed by atoms with E-state index in [4.69, 9.17) is 4.42 Å². The van der Waals surface area contributed by atoms with Gasteiger partial charge in [0, 0.05) is 0 Å². The Labute approximate surface area is 56.3 Å². The van der Waals surface area contributed by atoms with E-state index < -0.39 is 0 Å². The highest BCUT2D eigenvalue weighted by atomic mass is 19.1. The minimum absolute atomic E-state index is 0.294. The van der Waals surface area contributed by atoms with Crippen molar-refractivity contribution in [2.24, 2.45) is 0 Å². The normalized spacial score (nSPS) is 10.5. The molecule has 0 saturated carbocycles. The highest BCUT2D eigenvalue weighted by Crippen LogP contribution is 2.14. The van der Waals surface area contributed by atoms with Crippen LogP contribution in [0.2, 0.25) is 0 Å². The van der Waals surface area contributed by atoms with E-state index in [1.165, 1.54) is 12.5 Å². The van der Waals surface area contributed by atoms with Crippen LogP contribution in [0.25, 0.3) is 11.1 Å². The number of fused-ring (bicyclic) bond motifs is 1. The van der Waals surface area contributed by atoms with Gasteiger partial charge < -0.3 is 4.42 Å². The third kappa shape index (κ3) is 0.603. The van der Waals surface area contributed by atoms with Gasteiger partial charge in [-0.2, -0.15) is 0 Å². The van der Waals surface area contributed by atoms with Crippen LogP contribution in [0.15, 0.2) is 29.0 Å². The molecule has 3 heteroatoms. The molecule has 0 unspecified atom stereocenters. The molecule has 50 valence electrons. The Morgan fingerprint density at radius 1 is 1.40 bits per heavy atom. The van der Waals surface area contributed by atoms with E-state index in [-0.39, 0.29) is 5.82 Å². The van der Waals surface area contributed by atoms with E-state index in [0.717, 1.165) is 0 Å². The van der Waals surface area contributed by atoms with E-state index in [1.807, 2.05) is 0 Å². The van der Waals surface area contributed by atoms with Crippen LogP contribution in [-0.4, -0.2) is 4.98 Å². The molecule has 2 nitrogen and oxygen atoms in total. The maximum absolute atomic E-state index is 12.7. The van der Waals surface area contributed by atoms with Crippen LogP contribution < -0.4 is 0 Å². The third-order valence-electron chi connectivity index (χ3n) is 1.31. The van der Waals surface area contributed by atoms with Crippen molar-refractivity contribution >= 4 is 11.1 Å². The van der Waals surface area contributed by atoms with Crippen molar-refractivity contribution in [1.29, 1.82) is 0 Å². The molecule has 0 aliphatic heterocycles. The van der Waals surface area contributed by atoms with Gasteiger partial charge in [0.2, 0.25) is 0 Å². The number of hydrogen-bond acceptors (Lipinski definition) is 2. The molecule has 1 aromatic heterocycles. The van der Waals surface area contributed by atoms with Gasteiger partial charge in [0.25, 0.3) is 0 Å². The predicted molar refractivity (Wildman–Crippen MR) is 34.0 cm³/mol. The molecule has 0 bridgehead atoms. The average molecular weight is 137 g/mol. The monoisotopic (exact) mass is 137 g/mol. The van der Waals surface area contributed by atoms with Crippen molar-refractivity contribution in [2.45, 2.75) is 0 Å². The maximum Gasteiger partial charge on any atom is 0.182 e. The zero-order valence-corrected chi connectivity index (χ0v) is 5.04. The van der Waals surface area contributed by atoms with E-state index in [9.17, 15) is 4.39 Å². The second-order valence-electron chi connectivity index (χ2n) is 1.94. The molecule has 1 heterocycles. The number of hydrogen-bond donors (Lipinski definition) is 0. The zero-order valence-electron chi connectivity index (χ0n) is 5.04. The second-order valence-corrected chi connectivity index (χ2v) is 1.94. The molecule has 2 rings (SSSR count). The first-order valence-electron chi connectivity index (χ1n) is 2.85. The van der Waals surface area contributed by atoms with Crippen LogP contribution in [0.1, 0.15) is 0 Å². The van der Waals surface area contributed by atoms with Gasteiger partial charge in [0.15, 0.2) is 17.8 Å². The van der Waals surface area contributed by atoms with Crippen LogP contribution in [0, 0.1) is 5.82 Å². The van der Waals surface area contributed by atoms with Crippen molar-refractivity contribution in [3.05, 3.63) is 30.4 Å². The Bertz CT molecular complexity index is 355. The van der Waals surface area contributed by atoms with Crippen molar-refractivity contribution in [3.8, 4) is 0 Å². The van der Waals surface area contributed by atoms with Crippen molar-refractivity contribution in [1.82, 2.24) is 4.98 Å². The first kappa shape index (κ1) is 5.41. The zero-order chi connectivity index (χ0) is 6.97. The van der Waals surface area contributed by atoms with Crippen LogP contribution in [0.5, 0.6) is 0 Å². The fourth-order valence-electron chi connectivity index (χ4n) is 0.852. The molecule has 0 amide bonds. The number of rotatable bonds is 0. The number of benzene rings is 1. The van der Waals surface area contributed by atoms with Gasteiger partial charge >= 0.3 is 0 Å². The van der Waals surface area contributed by atoms with E-state index in [0.29, 0.717) is 11.1 Å². The molecule has 0 aliphatic carbocycles. The number of halogens is 1. The molecule has 0 spiro atoms. The first-order chi connectivity index (χ1) is 4.88. The van der Waals surface area contributed by atoms with Gasteiger partial charge in [-0.1, -0.05) is 6.07 Å². The fourth-order valence-corrected chi connectivity index (χ4v) is 0.852. The Morgan fingerprint density at radius 3 is 3.10 bits per heavy atom. The Kier molecular flexibility index (Phi) is 0.974. The number of oxazole rings is 1. The van der Waals surface area contributed by atoms with Crippen LogP contribution >= 0.6 is 0 Å². The number of aromatic nitrogens is 1. The molecule has 0 N–H and O–H groups in total. The van der Waals surface area contributed by atoms with Gasteiger partial charge in [-0.3, -0.25) is 0 Å². The lowest BCUT2D eigenvalue weighted by molar-refractivity contribution is 0.601. The Hall–Kier alpha value is -1.38. The summed E-state index contributed by atoms with van der Waals surface area (Å²) in [6.45, 7) is 0. The molecular weight excluding hydrogens is 133 g/mol. The first-order valence-corrected chi connectivity index (χ1v) is 2.85. The molecule has 0 atom stereocenters. The smallest absolute Gasteiger partial charge is 0.182 e.